The molecule has 1 N–H and O–H groups in total. The maximum Gasteiger partial charge on any atom is 0.127 e. The molecule has 0 unspecified atom stereocenters. The minimum atomic E-state index is 0.303. The molecule has 1 aromatic rings. The van der Waals surface area contributed by atoms with E-state index in [9.17, 15) is 0 Å². The molecule has 0 radical (unpaired) electrons. The molecule has 15 heavy (non-hydrogen) atoms. The van der Waals surface area contributed by atoms with Gasteiger partial charge in [-0.15, -0.1) is 0 Å². The first kappa shape index (κ1) is 11.8. The summed E-state index contributed by atoms with van der Waals surface area (Å²) in [7, 11) is 4.00. The lowest BCUT2D eigenvalue weighted by molar-refractivity contribution is 0.419. The van der Waals surface area contributed by atoms with E-state index >= 15 is 0 Å². The van der Waals surface area contributed by atoms with Gasteiger partial charge < -0.3 is 10.2 Å². The van der Waals surface area contributed by atoms with E-state index in [1.165, 1.54) is 5.69 Å². The van der Waals surface area contributed by atoms with Crippen LogP contribution >= 0.6 is 0 Å². The van der Waals surface area contributed by atoms with Gasteiger partial charge in [-0.25, -0.2) is 4.98 Å². The molecule has 0 spiro atoms. The molecular weight excluding hydrogens is 186 g/mol. The molecule has 0 aromatic carbocycles. The van der Waals surface area contributed by atoms with Gasteiger partial charge in [-0.1, -0.05) is 20.8 Å². The topological polar surface area (TPSA) is 28.2 Å². The van der Waals surface area contributed by atoms with Crippen molar-refractivity contribution < 1.29 is 0 Å². The van der Waals surface area contributed by atoms with E-state index in [1.807, 2.05) is 19.3 Å². The van der Waals surface area contributed by atoms with Crippen LogP contribution in [-0.2, 0) is 0 Å². The largest absolute Gasteiger partial charge is 0.374 e. The summed E-state index contributed by atoms with van der Waals surface area (Å²) in [6.07, 6.45) is 1.83. The van der Waals surface area contributed by atoms with Crippen LogP contribution in [0.3, 0.4) is 0 Å². The van der Waals surface area contributed by atoms with Crippen molar-refractivity contribution in [2.45, 2.75) is 20.8 Å². The SMILES string of the molecule is CNc1cc(N(C)CC(C)(C)C)ccn1. The van der Waals surface area contributed by atoms with Crippen molar-refractivity contribution >= 4 is 11.5 Å². The van der Waals surface area contributed by atoms with E-state index < -0.39 is 0 Å². The van der Waals surface area contributed by atoms with E-state index in [1.54, 1.807) is 0 Å². The summed E-state index contributed by atoms with van der Waals surface area (Å²) >= 11 is 0. The monoisotopic (exact) mass is 207 g/mol. The molecule has 3 nitrogen and oxygen atoms in total. The summed E-state index contributed by atoms with van der Waals surface area (Å²) in [5, 5.41) is 3.05. The average Bonchev–Trinajstić information content (AvgIpc) is 2.15. The third kappa shape index (κ3) is 3.78. The van der Waals surface area contributed by atoms with Gasteiger partial charge in [-0.05, 0) is 11.5 Å². The zero-order valence-corrected chi connectivity index (χ0v) is 10.3. The van der Waals surface area contributed by atoms with E-state index in [-0.39, 0.29) is 0 Å². The molecule has 0 amide bonds. The first-order chi connectivity index (χ1) is 6.92. The molecule has 0 aliphatic carbocycles. The van der Waals surface area contributed by atoms with Crippen molar-refractivity contribution in [2.24, 2.45) is 5.41 Å². The Bertz CT molecular complexity index is 315. The maximum atomic E-state index is 4.20. The average molecular weight is 207 g/mol. The highest BCUT2D eigenvalue weighted by atomic mass is 15.1. The highest BCUT2D eigenvalue weighted by Crippen LogP contribution is 2.21. The minimum Gasteiger partial charge on any atom is -0.374 e. The third-order valence-corrected chi connectivity index (χ3v) is 2.15. The number of hydrogen-bond acceptors (Lipinski definition) is 3. The quantitative estimate of drug-likeness (QED) is 0.825. The molecule has 0 aliphatic rings. The fourth-order valence-corrected chi connectivity index (χ4v) is 1.60. The summed E-state index contributed by atoms with van der Waals surface area (Å²) in [4.78, 5) is 6.45. The number of hydrogen-bond donors (Lipinski definition) is 1. The number of nitrogens with zero attached hydrogens (tertiary/aromatic N) is 2. The van der Waals surface area contributed by atoms with Gasteiger partial charge in [-0.2, -0.15) is 0 Å². The first-order valence-corrected chi connectivity index (χ1v) is 5.27. The zero-order valence-electron chi connectivity index (χ0n) is 10.3. The Morgan fingerprint density at radius 2 is 2.07 bits per heavy atom. The Labute approximate surface area is 92.5 Å². The van der Waals surface area contributed by atoms with E-state index in [0.717, 1.165) is 12.4 Å². The molecule has 84 valence electrons. The third-order valence-electron chi connectivity index (χ3n) is 2.15. The van der Waals surface area contributed by atoms with Gasteiger partial charge in [0.1, 0.15) is 5.82 Å². The number of anilines is 2. The summed E-state index contributed by atoms with van der Waals surface area (Å²) < 4.78 is 0. The molecule has 1 rings (SSSR count). The van der Waals surface area contributed by atoms with Gasteiger partial charge in [-0.3, -0.25) is 0 Å². The van der Waals surface area contributed by atoms with Gasteiger partial charge in [0.05, 0.1) is 0 Å². The lowest BCUT2D eigenvalue weighted by atomic mass is 9.96. The predicted octanol–water partition coefficient (Wildman–Crippen LogP) is 2.61. The Balaban J connectivity index is 2.77. The minimum absolute atomic E-state index is 0.303. The summed E-state index contributed by atoms with van der Waals surface area (Å²) in [5.41, 5.74) is 1.50. The molecular formula is C12H21N3. The number of rotatable bonds is 3. The second-order valence-electron chi connectivity index (χ2n) is 5.07. The molecule has 0 aliphatic heterocycles. The van der Waals surface area contributed by atoms with Crippen molar-refractivity contribution in [1.82, 2.24) is 4.98 Å². The van der Waals surface area contributed by atoms with Crippen LogP contribution in [0.2, 0.25) is 0 Å². The van der Waals surface area contributed by atoms with Crippen molar-refractivity contribution in [1.29, 1.82) is 0 Å². The van der Waals surface area contributed by atoms with E-state index in [4.69, 9.17) is 0 Å². The molecule has 0 saturated carbocycles. The van der Waals surface area contributed by atoms with Gasteiger partial charge >= 0.3 is 0 Å². The van der Waals surface area contributed by atoms with Crippen LogP contribution in [0.1, 0.15) is 20.8 Å². The van der Waals surface area contributed by atoms with E-state index in [0.29, 0.717) is 5.41 Å². The molecule has 0 bridgehead atoms. The van der Waals surface area contributed by atoms with Crippen LogP contribution in [0.5, 0.6) is 0 Å². The van der Waals surface area contributed by atoms with Gasteiger partial charge in [0.25, 0.3) is 0 Å². The summed E-state index contributed by atoms with van der Waals surface area (Å²) in [5.74, 6) is 0.910. The van der Waals surface area contributed by atoms with Crippen molar-refractivity contribution in [3.63, 3.8) is 0 Å². The maximum absolute atomic E-state index is 4.20. The molecule has 1 heterocycles. The Morgan fingerprint density at radius 3 is 2.60 bits per heavy atom. The smallest absolute Gasteiger partial charge is 0.127 e. The Kier molecular flexibility index (Phi) is 3.56. The standard InChI is InChI=1S/C12H21N3/c1-12(2,3)9-15(5)10-6-7-14-11(8-10)13-4/h6-8H,9H2,1-5H3,(H,13,14). The highest BCUT2D eigenvalue weighted by Gasteiger charge is 2.14. The van der Waals surface area contributed by atoms with Crippen LogP contribution in [0.4, 0.5) is 11.5 Å². The van der Waals surface area contributed by atoms with Crippen molar-refractivity contribution in [3.05, 3.63) is 18.3 Å². The zero-order chi connectivity index (χ0) is 11.5. The van der Waals surface area contributed by atoms with Crippen LogP contribution in [0.25, 0.3) is 0 Å². The Morgan fingerprint density at radius 1 is 1.40 bits per heavy atom. The second kappa shape index (κ2) is 4.51. The lowest BCUT2D eigenvalue weighted by Crippen LogP contribution is -2.29. The lowest BCUT2D eigenvalue weighted by Gasteiger charge is -2.28. The molecule has 3 heteroatoms. The molecule has 0 fully saturated rings. The summed E-state index contributed by atoms with van der Waals surface area (Å²) in [6, 6.07) is 4.10. The number of aromatic nitrogens is 1. The van der Waals surface area contributed by atoms with Crippen LogP contribution < -0.4 is 10.2 Å². The van der Waals surface area contributed by atoms with Crippen LogP contribution in [-0.4, -0.2) is 25.6 Å². The Hall–Kier alpha value is -1.25. The second-order valence-corrected chi connectivity index (χ2v) is 5.07. The van der Waals surface area contributed by atoms with E-state index in [2.05, 4.69) is 49.1 Å². The fourth-order valence-electron chi connectivity index (χ4n) is 1.60. The van der Waals surface area contributed by atoms with Crippen LogP contribution in [0.15, 0.2) is 18.3 Å². The number of nitrogens with one attached hydrogen (secondary N) is 1. The van der Waals surface area contributed by atoms with Gasteiger partial charge in [0.15, 0.2) is 0 Å². The molecule has 0 atom stereocenters. The summed E-state index contributed by atoms with van der Waals surface area (Å²) in [6.45, 7) is 7.75. The van der Waals surface area contributed by atoms with Gasteiger partial charge in [0, 0.05) is 38.6 Å². The molecule has 0 saturated heterocycles. The highest BCUT2D eigenvalue weighted by molar-refractivity contribution is 5.53. The normalized spacial score (nSPS) is 11.3. The van der Waals surface area contributed by atoms with Crippen molar-refractivity contribution in [2.75, 3.05) is 30.9 Å². The molecule has 1 aromatic heterocycles. The fraction of sp³-hybridized carbons (Fsp3) is 0.583. The van der Waals surface area contributed by atoms with Gasteiger partial charge in [0.2, 0.25) is 0 Å². The van der Waals surface area contributed by atoms with Crippen LogP contribution in [0, 0.1) is 5.41 Å². The number of pyridine rings is 1. The predicted molar refractivity (Wildman–Crippen MR) is 66.5 cm³/mol. The first-order valence-electron chi connectivity index (χ1n) is 5.27. The van der Waals surface area contributed by atoms with Crippen molar-refractivity contribution in [3.8, 4) is 0 Å².